The molecule has 0 unspecified atom stereocenters. The average molecular weight is 276 g/mol. The molecule has 1 amide bonds. The summed E-state index contributed by atoms with van der Waals surface area (Å²) in [5.74, 6) is -0.212. The van der Waals surface area contributed by atoms with E-state index in [4.69, 9.17) is 12.2 Å². The van der Waals surface area contributed by atoms with Gasteiger partial charge in [-0.2, -0.15) is 0 Å². The third kappa shape index (κ3) is 3.53. The molecule has 102 valence electrons. The van der Waals surface area contributed by atoms with Crippen molar-refractivity contribution in [3.63, 3.8) is 0 Å². The molecular weight excluding hydrogens is 256 g/mol. The Hall–Kier alpha value is -1.42. The second-order valence-electron chi connectivity index (χ2n) is 5.16. The number of carbonyl (C=O) groups excluding carboxylic acids is 1. The number of aryl methyl sites for hydroxylation is 1. The lowest BCUT2D eigenvalue weighted by atomic mass is 10.1. The zero-order chi connectivity index (χ0) is 13.8. The highest BCUT2D eigenvalue weighted by Crippen LogP contribution is 2.19. The van der Waals surface area contributed by atoms with E-state index in [1.54, 1.807) is 0 Å². The molecule has 0 spiro atoms. The van der Waals surface area contributed by atoms with Crippen molar-refractivity contribution >= 4 is 28.8 Å². The van der Waals surface area contributed by atoms with Gasteiger partial charge in [0.15, 0.2) is 4.99 Å². The number of hydrogen-bond donors (Lipinski definition) is 2. The molecule has 1 saturated carbocycles. The van der Waals surface area contributed by atoms with Gasteiger partial charge in [-0.25, -0.2) is 0 Å². The lowest BCUT2D eigenvalue weighted by Crippen LogP contribution is -2.39. The lowest BCUT2D eigenvalue weighted by Gasteiger charge is -2.15. The molecule has 1 aromatic carbocycles. The molecule has 0 atom stereocenters. The van der Waals surface area contributed by atoms with Crippen LogP contribution < -0.4 is 10.6 Å². The minimum Gasteiger partial charge on any atom is -0.369 e. The number of anilines is 1. The number of rotatable bonds is 2. The number of nitrogens with one attached hydrogen (secondary N) is 2. The first kappa shape index (κ1) is 14.0. The van der Waals surface area contributed by atoms with Crippen molar-refractivity contribution in [2.24, 2.45) is 0 Å². The highest BCUT2D eigenvalue weighted by atomic mass is 32.1. The molecule has 0 saturated heterocycles. The van der Waals surface area contributed by atoms with Crippen LogP contribution in [0.4, 0.5) is 5.69 Å². The van der Waals surface area contributed by atoms with E-state index >= 15 is 0 Å². The third-order valence-electron chi connectivity index (χ3n) is 3.75. The Balaban J connectivity index is 1.96. The molecule has 1 fully saturated rings. The Morgan fingerprint density at radius 1 is 1.26 bits per heavy atom. The van der Waals surface area contributed by atoms with Crippen LogP contribution in [0.1, 0.15) is 36.8 Å². The van der Waals surface area contributed by atoms with Crippen LogP contribution in [0.3, 0.4) is 0 Å². The molecule has 1 aliphatic rings. The van der Waals surface area contributed by atoms with Crippen molar-refractivity contribution in [2.75, 3.05) is 5.32 Å². The Kier molecular flexibility index (Phi) is 4.53. The van der Waals surface area contributed by atoms with Crippen molar-refractivity contribution < 1.29 is 4.79 Å². The molecule has 19 heavy (non-hydrogen) atoms. The number of amides is 1. The van der Waals surface area contributed by atoms with Crippen LogP contribution in [-0.2, 0) is 4.79 Å². The van der Waals surface area contributed by atoms with Crippen LogP contribution in [0, 0.1) is 13.8 Å². The van der Waals surface area contributed by atoms with Crippen LogP contribution in [0.15, 0.2) is 18.2 Å². The Morgan fingerprint density at radius 2 is 1.95 bits per heavy atom. The van der Waals surface area contributed by atoms with Gasteiger partial charge in [-0.3, -0.25) is 4.79 Å². The van der Waals surface area contributed by atoms with E-state index in [-0.39, 0.29) is 5.91 Å². The highest BCUT2D eigenvalue weighted by Gasteiger charge is 2.19. The van der Waals surface area contributed by atoms with Gasteiger partial charge in [-0.1, -0.05) is 37.2 Å². The molecule has 0 aliphatic heterocycles. The van der Waals surface area contributed by atoms with Gasteiger partial charge in [-0.05, 0) is 43.9 Å². The molecule has 1 aromatic rings. The summed E-state index contributed by atoms with van der Waals surface area (Å²) in [7, 11) is 0. The first-order valence-corrected chi connectivity index (χ1v) is 7.17. The van der Waals surface area contributed by atoms with Gasteiger partial charge < -0.3 is 10.6 Å². The molecule has 0 heterocycles. The summed E-state index contributed by atoms with van der Waals surface area (Å²) in [5, 5.41) is 6.03. The van der Waals surface area contributed by atoms with E-state index in [1.165, 1.54) is 12.8 Å². The third-order valence-corrected chi connectivity index (χ3v) is 4.05. The second-order valence-corrected chi connectivity index (χ2v) is 5.56. The normalized spacial score (nSPS) is 15.3. The zero-order valence-corrected chi connectivity index (χ0v) is 12.3. The molecule has 3 nitrogen and oxygen atoms in total. The van der Waals surface area contributed by atoms with Crippen LogP contribution in [0.2, 0.25) is 0 Å². The molecule has 0 aromatic heterocycles. The van der Waals surface area contributed by atoms with Crippen molar-refractivity contribution in [3.05, 3.63) is 29.3 Å². The van der Waals surface area contributed by atoms with Crippen molar-refractivity contribution in [1.82, 2.24) is 5.32 Å². The topological polar surface area (TPSA) is 41.1 Å². The van der Waals surface area contributed by atoms with Gasteiger partial charge in [0.25, 0.3) is 5.91 Å². The number of carbonyl (C=O) groups is 1. The molecule has 4 heteroatoms. The smallest absolute Gasteiger partial charge is 0.283 e. The van der Waals surface area contributed by atoms with Crippen LogP contribution >= 0.6 is 12.2 Å². The molecule has 0 bridgehead atoms. The second kappa shape index (κ2) is 6.15. The molecular formula is C15H20N2OS. The minimum absolute atomic E-state index is 0.212. The standard InChI is InChI=1S/C15H20N2OS/c1-10-6-5-9-13(11(10)2)17-14(18)15(19)16-12-7-3-4-8-12/h5-6,9,12H,3-4,7-8H2,1-2H3,(H,16,19)(H,17,18). The fraction of sp³-hybridized carbons (Fsp3) is 0.467. The largest absolute Gasteiger partial charge is 0.369 e. The van der Waals surface area contributed by atoms with Crippen LogP contribution in [0.25, 0.3) is 0 Å². The maximum Gasteiger partial charge on any atom is 0.283 e. The first-order valence-electron chi connectivity index (χ1n) is 6.76. The van der Waals surface area contributed by atoms with Crippen molar-refractivity contribution in [2.45, 2.75) is 45.6 Å². The highest BCUT2D eigenvalue weighted by molar-refractivity contribution is 7.82. The number of hydrogen-bond acceptors (Lipinski definition) is 2. The maximum atomic E-state index is 12.0. The summed E-state index contributed by atoms with van der Waals surface area (Å²) in [6.45, 7) is 4.03. The molecule has 1 aliphatic carbocycles. The first-order chi connectivity index (χ1) is 9.08. The van der Waals surface area contributed by atoms with E-state index in [2.05, 4.69) is 10.6 Å². The summed E-state index contributed by atoms with van der Waals surface area (Å²) < 4.78 is 0. The summed E-state index contributed by atoms with van der Waals surface area (Å²) in [6.07, 6.45) is 4.66. The fourth-order valence-electron chi connectivity index (χ4n) is 2.39. The van der Waals surface area contributed by atoms with Crippen LogP contribution in [0.5, 0.6) is 0 Å². The van der Waals surface area contributed by atoms with Crippen molar-refractivity contribution in [1.29, 1.82) is 0 Å². The number of benzene rings is 1. The van der Waals surface area contributed by atoms with Gasteiger partial charge in [0.05, 0.1) is 0 Å². The summed E-state index contributed by atoms with van der Waals surface area (Å²) in [6, 6.07) is 6.24. The molecule has 2 rings (SSSR count). The predicted molar refractivity (Wildman–Crippen MR) is 82.5 cm³/mol. The van der Waals surface area contributed by atoms with Gasteiger partial charge in [0.2, 0.25) is 0 Å². The Labute approximate surface area is 119 Å². The Bertz CT molecular complexity index is 493. The van der Waals surface area contributed by atoms with E-state index < -0.39 is 0 Å². The summed E-state index contributed by atoms with van der Waals surface area (Å²) >= 11 is 5.17. The van der Waals surface area contributed by atoms with Gasteiger partial charge in [0, 0.05) is 11.7 Å². The maximum absolute atomic E-state index is 12.0. The minimum atomic E-state index is -0.212. The monoisotopic (exact) mass is 276 g/mol. The van der Waals surface area contributed by atoms with E-state index in [0.29, 0.717) is 11.0 Å². The quantitative estimate of drug-likeness (QED) is 0.816. The zero-order valence-electron chi connectivity index (χ0n) is 11.5. The van der Waals surface area contributed by atoms with E-state index in [1.807, 2.05) is 32.0 Å². The number of thiocarbonyl (C=S) groups is 1. The van der Waals surface area contributed by atoms with Gasteiger partial charge in [0.1, 0.15) is 0 Å². The fourth-order valence-corrected chi connectivity index (χ4v) is 2.60. The SMILES string of the molecule is Cc1cccc(NC(=O)C(=S)NC2CCCC2)c1C. The summed E-state index contributed by atoms with van der Waals surface area (Å²) in [5.41, 5.74) is 3.08. The molecule has 2 N–H and O–H groups in total. The van der Waals surface area contributed by atoms with Gasteiger partial charge >= 0.3 is 0 Å². The average Bonchev–Trinajstić information content (AvgIpc) is 2.87. The predicted octanol–water partition coefficient (Wildman–Crippen LogP) is 3.10. The molecule has 0 radical (unpaired) electrons. The van der Waals surface area contributed by atoms with E-state index in [0.717, 1.165) is 29.7 Å². The van der Waals surface area contributed by atoms with Crippen LogP contribution in [-0.4, -0.2) is 16.9 Å². The van der Waals surface area contributed by atoms with Crippen molar-refractivity contribution in [3.8, 4) is 0 Å². The lowest BCUT2D eigenvalue weighted by molar-refractivity contribution is -0.110. The Morgan fingerprint density at radius 3 is 2.63 bits per heavy atom. The summed E-state index contributed by atoms with van der Waals surface area (Å²) in [4.78, 5) is 12.3. The van der Waals surface area contributed by atoms with Gasteiger partial charge in [-0.15, -0.1) is 0 Å². The van der Waals surface area contributed by atoms with E-state index in [9.17, 15) is 4.79 Å².